The fourth-order valence-corrected chi connectivity index (χ4v) is 4.36. The van der Waals surface area contributed by atoms with Crippen molar-refractivity contribution in [3.05, 3.63) is 69.9 Å². The first kappa shape index (κ1) is 20.9. The van der Waals surface area contributed by atoms with Gasteiger partial charge in [-0.2, -0.15) is 0 Å². The number of hydrogen-bond donors (Lipinski definition) is 1. The minimum Gasteiger partial charge on any atom is -0.494 e. The van der Waals surface area contributed by atoms with Gasteiger partial charge in [0.15, 0.2) is 0 Å². The Morgan fingerprint density at radius 3 is 2.61 bits per heavy atom. The van der Waals surface area contributed by atoms with Crippen LogP contribution in [0.15, 0.2) is 48.5 Å². The highest BCUT2D eigenvalue weighted by molar-refractivity contribution is 7.13. The number of nitrogens with zero attached hydrogens (tertiary/aromatic N) is 3. The fourth-order valence-electron chi connectivity index (χ4n) is 3.47. The average molecular weight is 441 g/mol. The maximum atomic E-state index is 13.0. The summed E-state index contributed by atoms with van der Waals surface area (Å²) in [4.78, 5) is 27.3. The van der Waals surface area contributed by atoms with Crippen LogP contribution in [0.5, 0.6) is 5.75 Å². The minimum absolute atomic E-state index is 0.0851. The average Bonchev–Trinajstić information content (AvgIpc) is 3.45. The number of ether oxygens (including phenoxy) is 1. The lowest BCUT2D eigenvalue weighted by Gasteiger charge is -2.22. The Kier molecular flexibility index (Phi) is 6.22. The summed E-state index contributed by atoms with van der Waals surface area (Å²) in [5.74, 6) is -0.163. The van der Waals surface area contributed by atoms with Crippen LogP contribution in [0.3, 0.4) is 0 Å². The molecule has 2 amide bonds. The smallest absolute Gasteiger partial charge is 0.286 e. The third-order valence-electron chi connectivity index (χ3n) is 4.95. The lowest BCUT2D eigenvalue weighted by Crippen LogP contribution is -2.30. The quantitative estimate of drug-likeness (QED) is 0.618. The van der Waals surface area contributed by atoms with Gasteiger partial charge < -0.3 is 15.0 Å². The van der Waals surface area contributed by atoms with E-state index in [0.29, 0.717) is 29.4 Å². The molecule has 1 atom stereocenters. The maximum absolute atomic E-state index is 13.0. The van der Waals surface area contributed by atoms with Crippen LogP contribution < -0.4 is 10.1 Å². The van der Waals surface area contributed by atoms with Crippen molar-refractivity contribution in [2.45, 2.75) is 25.8 Å². The summed E-state index contributed by atoms with van der Waals surface area (Å²) in [5.41, 5.74) is 1.05. The highest BCUT2D eigenvalue weighted by atomic mass is 32.1. The topological polar surface area (TPSA) is 84.4 Å². The van der Waals surface area contributed by atoms with Gasteiger partial charge in [-0.15, -0.1) is 10.2 Å². The first-order chi connectivity index (χ1) is 15.0. The molecule has 1 fully saturated rings. The van der Waals surface area contributed by atoms with Gasteiger partial charge in [0.2, 0.25) is 5.01 Å². The molecule has 2 aromatic carbocycles. The summed E-state index contributed by atoms with van der Waals surface area (Å²) in [5, 5.41) is 11.7. The second kappa shape index (κ2) is 9.22. The van der Waals surface area contributed by atoms with Crippen LogP contribution in [-0.4, -0.2) is 40.1 Å². The van der Waals surface area contributed by atoms with Crippen molar-refractivity contribution in [3.63, 3.8) is 0 Å². The fraction of sp³-hybridized carbons (Fsp3) is 0.273. The number of carbonyl (C=O) groups excluding carboxylic acids is 2. The molecule has 4 rings (SSSR count). The SMILES string of the molecule is CCOc1ccc(C(=O)N2CCC[C@@H]2c2nnc(C(=O)Nc3ccc(F)cc3)s2)cc1. The summed E-state index contributed by atoms with van der Waals surface area (Å²) in [7, 11) is 0. The summed E-state index contributed by atoms with van der Waals surface area (Å²) in [6.45, 7) is 3.09. The largest absolute Gasteiger partial charge is 0.494 e. The van der Waals surface area contributed by atoms with Crippen LogP contribution in [0, 0.1) is 5.82 Å². The molecule has 3 aromatic rings. The van der Waals surface area contributed by atoms with E-state index in [1.54, 1.807) is 29.2 Å². The molecule has 7 nitrogen and oxygen atoms in total. The summed E-state index contributed by atoms with van der Waals surface area (Å²) in [6, 6.07) is 12.3. The molecular formula is C22H21FN4O3S. The third-order valence-corrected chi connectivity index (χ3v) is 5.97. The molecule has 0 saturated carbocycles. The molecule has 0 bridgehead atoms. The van der Waals surface area contributed by atoms with E-state index < -0.39 is 5.91 Å². The Balaban J connectivity index is 1.46. The zero-order chi connectivity index (χ0) is 21.8. The van der Waals surface area contributed by atoms with E-state index in [0.717, 1.165) is 29.9 Å². The van der Waals surface area contributed by atoms with Crippen molar-refractivity contribution in [1.29, 1.82) is 0 Å². The van der Waals surface area contributed by atoms with Gasteiger partial charge >= 0.3 is 0 Å². The maximum Gasteiger partial charge on any atom is 0.286 e. The zero-order valence-corrected chi connectivity index (χ0v) is 17.7. The predicted octanol–water partition coefficient (Wildman–Crippen LogP) is 4.31. The summed E-state index contributed by atoms with van der Waals surface area (Å²) in [6.07, 6.45) is 1.61. The van der Waals surface area contributed by atoms with E-state index in [2.05, 4.69) is 15.5 Å². The Bertz CT molecular complexity index is 1070. The minimum atomic E-state index is -0.419. The van der Waals surface area contributed by atoms with Crippen molar-refractivity contribution < 1.29 is 18.7 Å². The van der Waals surface area contributed by atoms with Gasteiger partial charge in [0, 0.05) is 17.8 Å². The molecule has 160 valence electrons. The van der Waals surface area contributed by atoms with Gasteiger partial charge in [0.25, 0.3) is 11.8 Å². The number of rotatable bonds is 6. The molecule has 1 saturated heterocycles. The van der Waals surface area contributed by atoms with Crippen molar-refractivity contribution in [2.24, 2.45) is 0 Å². The van der Waals surface area contributed by atoms with Gasteiger partial charge in [-0.05, 0) is 68.3 Å². The summed E-state index contributed by atoms with van der Waals surface area (Å²) < 4.78 is 18.5. The van der Waals surface area contributed by atoms with E-state index in [1.165, 1.54) is 24.3 Å². The van der Waals surface area contributed by atoms with Gasteiger partial charge in [-0.3, -0.25) is 9.59 Å². The van der Waals surface area contributed by atoms with Gasteiger partial charge in [-0.1, -0.05) is 11.3 Å². The summed E-state index contributed by atoms with van der Waals surface area (Å²) >= 11 is 1.16. The predicted molar refractivity (Wildman–Crippen MR) is 115 cm³/mol. The number of amides is 2. The third kappa shape index (κ3) is 4.72. The Morgan fingerprint density at radius 1 is 1.16 bits per heavy atom. The van der Waals surface area contributed by atoms with Crippen LogP contribution in [0.2, 0.25) is 0 Å². The first-order valence-corrected chi connectivity index (χ1v) is 10.8. The molecule has 1 aliphatic heterocycles. The number of hydrogen-bond acceptors (Lipinski definition) is 6. The molecule has 9 heteroatoms. The molecule has 0 aliphatic carbocycles. The molecule has 1 aliphatic rings. The number of nitrogens with one attached hydrogen (secondary N) is 1. The molecule has 0 radical (unpaired) electrons. The van der Waals surface area contributed by atoms with Crippen LogP contribution >= 0.6 is 11.3 Å². The van der Waals surface area contributed by atoms with Crippen molar-refractivity contribution in [1.82, 2.24) is 15.1 Å². The Hall–Kier alpha value is -3.33. The van der Waals surface area contributed by atoms with E-state index in [9.17, 15) is 14.0 Å². The van der Waals surface area contributed by atoms with E-state index in [1.807, 2.05) is 6.92 Å². The normalized spacial score (nSPS) is 15.7. The van der Waals surface area contributed by atoms with Gasteiger partial charge in [-0.25, -0.2) is 4.39 Å². The van der Waals surface area contributed by atoms with Gasteiger partial charge in [0.1, 0.15) is 16.6 Å². The van der Waals surface area contributed by atoms with Gasteiger partial charge in [0.05, 0.1) is 12.6 Å². The highest BCUT2D eigenvalue weighted by Crippen LogP contribution is 2.35. The molecule has 0 spiro atoms. The Labute approximate surface area is 182 Å². The van der Waals surface area contributed by atoms with Crippen LogP contribution in [0.1, 0.15) is 51.0 Å². The number of carbonyl (C=O) groups is 2. The monoisotopic (exact) mass is 440 g/mol. The van der Waals surface area contributed by atoms with E-state index in [4.69, 9.17) is 4.74 Å². The van der Waals surface area contributed by atoms with Crippen LogP contribution in [0.4, 0.5) is 10.1 Å². The van der Waals surface area contributed by atoms with Crippen molar-refractivity contribution >= 4 is 28.8 Å². The zero-order valence-electron chi connectivity index (χ0n) is 16.9. The lowest BCUT2D eigenvalue weighted by atomic mass is 10.1. The molecule has 1 N–H and O–H groups in total. The molecule has 31 heavy (non-hydrogen) atoms. The van der Waals surface area contributed by atoms with Crippen molar-refractivity contribution in [2.75, 3.05) is 18.5 Å². The number of likely N-dealkylation sites (tertiary alicyclic amines) is 1. The number of anilines is 1. The van der Waals surface area contributed by atoms with E-state index in [-0.39, 0.29) is 22.8 Å². The number of halogens is 1. The molecular weight excluding hydrogens is 419 g/mol. The van der Waals surface area contributed by atoms with Crippen LogP contribution in [-0.2, 0) is 0 Å². The van der Waals surface area contributed by atoms with Crippen LogP contribution in [0.25, 0.3) is 0 Å². The standard InChI is InChI=1S/C22H21FN4O3S/c1-2-30-17-11-5-14(6-12-17)22(29)27-13-3-4-18(27)20-25-26-21(31-20)19(28)24-16-9-7-15(23)8-10-16/h5-12,18H,2-4,13H2,1H3,(H,24,28)/t18-/m1/s1. The second-order valence-electron chi connectivity index (χ2n) is 7.02. The number of aromatic nitrogens is 2. The second-order valence-corrected chi connectivity index (χ2v) is 8.03. The first-order valence-electron chi connectivity index (χ1n) is 9.99. The molecule has 1 aromatic heterocycles. The lowest BCUT2D eigenvalue weighted by molar-refractivity contribution is 0.0735. The van der Waals surface area contributed by atoms with E-state index >= 15 is 0 Å². The molecule has 0 unspecified atom stereocenters. The molecule has 2 heterocycles. The highest BCUT2D eigenvalue weighted by Gasteiger charge is 2.33. The van der Waals surface area contributed by atoms with Crippen molar-refractivity contribution in [3.8, 4) is 5.75 Å². The Morgan fingerprint density at radius 2 is 1.90 bits per heavy atom. The number of benzene rings is 2.